The molecule has 6 nitrogen and oxygen atoms in total. The van der Waals surface area contributed by atoms with E-state index in [2.05, 4.69) is 15.0 Å². The summed E-state index contributed by atoms with van der Waals surface area (Å²) >= 11 is 1.10. The molecule has 0 bridgehead atoms. The van der Waals surface area contributed by atoms with Gasteiger partial charge in [0, 0.05) is 5.38 Å². The van der Waals surface area contributed by atoms with Crippen LogP contribution in [0.5, 0.6) is 0 Å². The van der Waals surface area contributed by atoms with Gasteiger partial charge in [-0.25, -0.2) is 13.8 Å². The molecular weight excluding hydrogens is 282 g/mol. The summed E-state index contributed by atoms with van der Waals surface area (Å²) in [5.41, 5.74) is 0.349. The molecule has 0 spiro atoms. The van der Waals surface area contributed by atoms with Crippen LogP contribution in [0.25, 0.3) is 0 Å². The Kier molecular flexibility index (Phi) is 6.30. The van der Waals surface area contributed by atoms with Gasteiger partial charge < -0.3 is 15.2 Å². The highest BCUT2D eigenvalue weighted by molar-refractivity contribution is 7.13. The average molecular weight is 294 g/mol. The first-order valence-electron chi connectivity index (χ1n) is 5.29. The third-order valence-corrected chi connectivity index (χ3v) is 2.65. The van der Waals surface area contributed by atoms with Crippen molar-refractivity contribution in [2.75, 3.05) is 18.5 Å². The maximum absolute atomic E-state index is 11.7. The Balaban J connectivity index is 2.28. The monoisotopic (exact) mass is 294 g/mol. The van der Waals surface area contributed by atoms with Gasteiger partial charge in [-0.05, 0) is 0 Å². The van der Waals surface area contributed by atoms with E-state index in [9.17, 15) is 18.4 Å². The van der Waals surface area contributed by atoms with Crippen molar-refractivity contribution in [3.8, 4) is 0 Å². The van der Waals surface area contributed by atoms with E-state index in [-0.39, 0.29) is 24.6 Å². The molecule has 2 N–H and O–H groups in total. The number of halogens is 2. The summed E-state index contributed by atoms with van der Waals surface area (Å²) in [6.45, 7) is -0.809. The lowest BCUT2D eigenvalue weighted by Gasteiger charge is -2.03. The Labute approximate surface area is 111 Å². The summed E-state index contributed by atoms with van der Waals surface area (Å²) in [5.74, 6) is -1.44. The number of amides is 1. The number of alkyl halides is 2. The molecular formula is C10H12F2N2O4S. The van der Waals surface area contributed by atoms with Crippen LogP contribution in [0.4, 0.5) is 13.9 Å². The van der Waals surface area contributed by atoms with Crippen LogP contribution in [0.1, 0.15) is 12.1 Å². The number of carbonyl (C=O) groups excluding carboxylic acids is 1. The number of thiazole rings is 1. The fraction of sp³-hybridized carbons (Fsp3) is 0.500. The van der Waals surface area contributed by atoms with Crippen molar-refractivity contribution in [1.82, 2.24) is 4.98 Å². The van der Waals surface area contributed by atoms with E-state index in [4.69, 9.17) is 5.11 Å². The van der Waals surface area contributed by atoms with E-state index in [1.807, 2.05) is 0 Å². The lowest BCUT2D eigenvalue weighted by molar-refractivity contribution is -0.136. The quantitative estimate of drug-likeness (QED) is 0.707. The fourth-order valence-corrected chi connectivity index (χ4v) is 1.85. The molecule has 0 unspecified atom stereocenters. The number of hydrogen-bond donors (Lipinski definition) is 2. The largest absolute Gasteiger partial charge is 0.481 e. The van der Waals surface area contributed by atoms with Crippen LogP contribution in [0, 0.1) is 0 Å². The maximum atomic E-state index is 11.7. The summed E-state index contributed by atoms with van der Waals surface area (Å²) in [4.78, 5) is 25.7. The normalized spacial score (nSPS) is 10.7. The SMILES string of the molecule is O=C(O)Cc1csc(NC(=O)CCOCC(F)F)n1. The molecule has 0 saturated heterocycles. The minimum Gasteiger partial charge on any atom is -0.481 e. The fourth-order valence-electron chi connectivity index (χ4n) is 1.12. The van der Waals surface area contributed by atoms with Crippen molar-refractivity contribution < 1.29 is 28.2 Å². The molecule has 0 aromatic carbocycles. The van der Waals surface area contributed by atoms with E-state index in [1.165, 1.54) is 5.38 Å². The molecule has 1 heterocycles. The minimum atomic E-state index is -2.55. The zero-order valence-corrected chi connectivity index (χ0v) is 10.6. The molecule has 1 amide bonds. The van der Waals surface area contributed by atoms with Crippen molar-refractivity contribution >= 4 is 28.3 Å². The minimum absolute atomic E-state index is 0.0689. The van der Waals surface area contributed by atoms with Gasteiger partial charge in [-0.1, -0.05) is 0 Å². The average Bonchev–Trinajstić information content (AvgIpc) is 2.70. The number of nitrogens with one attached hydrogen (secondary N) is 1. The highest BCUT2D eigenvalue weighted by Crippen LogP contribution is 2.15. The van der Waals surface area contributed by atoms with Crippen molar-refractivity contribution in [1.29, 1.82) is 0 Å². The van der Waals surface area contributed by atoms with Gasteiger partial charge in [-0.3, -0.25) is 9.59 Å². The van der Waals surface area contributed by atoms with Gasteiger partial charge in [0.05, 0.1) is 25.1 Å². The highest BCUT2D eigenvalue weighted by Gasteiger charge is 2.09. The number of carbonyl (C=O) groups is 2. The van der Waals surface area contributed by atoms with Gasteiger partial charge in [0.2, 0.25) is 5.91 Å². The lowest BCUT2D eigenvalue weighted by atomic mass is 10.3. The van der Waals surface area contributed by atoms with E-state index < -0.39 is 24.9 Å². The smallest absolute Gasteiger partial charge is 0.309 e. The lowest BCUT2D eigenvalue weighted by Crippen LogP contribution is -2.15. The number of carboxylic acid groups (broad SMARTS) is 1. The number of rotatable bonds is 8. The number of ether oxygens (including phenoxy) is 1. The second-order valence-electron chi connectivity index (χ2n) is 3.48. The number of hydrogen-bond acceptors (Lipinski definition) is 5. The molecule has 106 valence electrons. The Hall–Kier alpha value is -1.61. The zero-order valence-electron chi connectivity index (χ0n) is 9.77. The molecule has 0 radical (unpaired) electrons. The molecule has 0 saturated carbocycles. The summed E-state index contributed by atoms with van der Waals surface area (Å²) < 4.78 is 28.0. The topological polar surface area (TPSA) is 88.5 Å². The molecule has 1 aromatic rings. The second-order valence-corrected chi connectivity index (χ2v) is 4.34. The van der Waals surface area contributed by atoms with Crippen LogP contribution in [0.3, 0.4) is 0 Å². The molecule has 1 rings (SSSR count). The number of aromatic nitrogens is 1. The van der Waals surface area contributed by atoms with Crippen LogP contribution in [-0.4, -0.2) is 41.6 Å². The van der Waals surface area contributed by atoms with E-state index in [0.29, 0.717) is 5.69 Å². The van der Waals surface area contributed by atoms with Crippen molar-refractivity contribution in [3.05, 3.63) is 11.1 Å². The molecule has 9 heteroatoms. The van der Waals surface area contributed by atoms with Crippen LogP contribution in [0.15, 0.2) is 5.38 Å². The summed E-state index contributed by atoms with van der Waals surface area (Å²) in [6, 6.07) is 0. The summed E-state index contributed by atoms with van der Waals surface area (Å²) in [6.07, 6.45) is -2.84. The second kappa shape index (κ2) is 7.74. The first-order valence-corrected chi connectivity index (χ1v) is 6.17. The maximum Gasteiger partial charge on any atom is 0.309 e. The van der Waals surface area contributed by atoms with Gasteiger partial charge in [0.1, 0.15) is 6.61 Å². The standard InChI is InChI=1S/C10H12F2N2O4S/c11-7(12)4-18-2-1-8(15)14-10-13-6(5-19-10)3-9(16)17/h5,7H,1-4H2,(H,16,17)(H,13,14,15). The van der Waals surface area contributed by atoms with E-state index >= 15 is 0 Å². The first-order chi connectivity index (χ1) is 8.97. The predicted octanol–water partition coefficient (Wildman–Crippen LogP) is 1.38. The molecule has 0 aliphatic heterocycles. The molecule has 0 aliphatic rings. The van der Waals surface area contributed by atoms with E-state index in [0.717, 1.165) is 11.3 Å². The summed E-state index contributed by atoms with van der Waals surface area (Å²) in [5, 5.41) is 12.8. The van der Waals surface area contributed by atoms with E-state index in [1.54, 1.807) is 0 Å². The third-order valence-electron chi connectivity index (χ3n) is 1.85. The van der Waals surface area contributed by atoms with Gasteiger partial charge in [0.25, 0.3) is 6.43 Å². The number of nitrogens with zero attached hydrogens (tertiary/aromatic N) is 1. The Morgan fingerprint density at radius 2 is 2.26 bits per heavy atom. The molecule has 19 heavy (non-hydrogen) atoms. The van der Waals surface area contributed by atoms with Gasteiger partial charge >= 0.3 is 5.97 Å². The van der Waals surface area contributed by atoms with Gasteiger partial charge in [-0.15, -0.1) is 11.3 Å². The molecule has 0 aliphatic carbocycles. The Morgan fingerprint density at radius 1 is 1.53 bits per heavy atom. The van der Waals surface area contributed by atoms with Gasteiger partial charge in [-0.2, -0.15) is 0 Å². The van der Waals surface area contributed by atoms with Crippen LogP contribution in [-0.2, 0) is 20.7 Å². The number of aliphatic carboxylic acids is 1. The van der Waals surface area contributed by atoms with Crippen LogP contribution < -0.4 is 5.32 Å². The van der Waals surface area contributed by atoms with Crippen molar-refractivity contribution in [2.24, 2.45) is 0 Å². The van der Waals surface area contributed by atoms with Crippen LogP contribution >= 0.6 is 11.3 Å². The van der Waals surface area contributed by atoms with Crippen LogP contribution in [0.2, 0.25) is 0 Å². The number of carboxylic acids is 1. The molecule has 1 aromatic heterocycles. The Bertz CT molecular complexity index is 439. The Morgan fingerprint density at radius 3 is 2.89 bits per heavy atom. The van der Waals surface area contributed by atoms with Crippen molar-refractivity contribution in [2.45, 2.75) is 19.3 Å². The molecule has 0 fully saturated rings. The molecule has 0 atom stereocenters. The van der Waals surface area contributed by atoms with Crippen molar-refractivity contribution in [3.63, 3.8) is 0 Å². The summed E-state index contributed by atoms with van der Waals surface area (Å²) in [7, 11) is 0. The highest BCUT2D eigenvalue weighted by atomic mass is 32.1. The number of anilines is 1. The predicted molar refractivity (Wildman–Crippen MR) is 63.5 cm³/mol. The third kappa shape index (κ3) is 6.77. The zero-order chi connectivity index (χ0) is 14.3. The van der Waals surface area contributed by atoms with Gasteiger partial charge in [0.15, 0.2) is 5.13 Å². The first kappa shape index (κ1) is 15.4.